The zero-order valence-corrected chi connectivity index (χ0v) is 11.6. The van der Waals surface area contributed by atoms with Crippen LogP contribution in [0.15, 0.2) is 54.6 Å². The Bertz CT molecular complexity index is 478. The van der Waals surface area contributed by atoms with Crippen molar-refractivity contribution < 1.29 is 4.74 Å². The predicted octanol–water partition coefficient (Wildman–Crippen LogP) is 3.59. The smallest absolute Gasteiger partial charge is 0.118 e. The minimum Gasteiger partial charge on any atom is -0.497 e. The number of methoxy groups -OCH3 is 1. The van der Waals surface area contributed by atoms with Crippen molar-refractivity contribution in [1.29, 1.82) is 0 Å². The van der Waals surface area contributed by atoms with Crippen LogP contribution in [0, 0.1) is 0 Å². The van der Waals surface area contributed by atoms with Crippen LogP contribution in [0.1, 0.15) is 24.1 Å². The highest BCUT2D eigenvalue weighted by atomic mass is 16.5. The molecule has 0 aliphatic carbocycles. The molecule has 0 radical (unpaired) electrons. The third-order valence-electron chi connectivity index (χ3n) is 3.32. The molecule has 2 aromatic rings. The molecule has 0 aliphatic rings. The summed E-state index contributed by atoms with van der Waals surface area (Å²) >= 11 is 0. The van der Waals surface area contributed by atoms with E-state index in [0.29, 0.717) is 6.04 Å². The summed E-state index contributed by atoms with van der Waals surface area (Å²) in [7, 11) is 1.69. The largest absolute Gasteiger partial charge is 0.497 e. The average Bonchev–Trinajstić information content (AvgIpc) is 2.48. The van der Waals surface area contributed by atoms with Gasteiger partial charge in [-0.2, -0.15) is 0 Å². The van der Waals surface area contributed by atoms with Crippen molar-refractivity contribution in [3.63, 3.8) is 0 Å². The Morgan fingerprint density at radius 1 is 1.00 bits per heavy atom. The van der Waals surface area contributed by atoms with Gasteiger partial charge < -0.3 is 10.1 Å². The van der Waals surface area contributed by atoms with Crippen LogP contribution in [0.3, 0.4) is 0 Å². The third-order valence-corrected chi connectivity index (χ3v) is 3.32. The van der Waals surface area contributed by atoms with Crippen LogP contribution in [0.2, 0.25) is 0 Å². The van der Waals surface area contributed by atoms with E-state index in [4.69, 9.17) is 4.74 Å². The first-order valence-corrected chi connectivity index (χ1v) is 6.71. The van der Waals surface area contributed by atoms with E-state index in [1.807, 2.05) is 12.1 Å². The minimum absolute atomic E-state index is 0.356. The predicted molar refractivity (Wildman–Crippen MR) is 79.6 cm³/mol. The molecule has 2 heteroatoms. The fourth-order valence-corrected chi connectivity index (χ4v) is 2.09. The Labute approximate surface area is 115 Å². The zero-order valence-electron chi connectivity index (χ0n) is 11.6. The summed E-state index contributed by atoms with van der Waals surface area (Å²) in [6.07, 6.45) is 1.06. The molecule has 2 nitrogen and oxygen atoms in total. The summed E-state index contributed by atoms with van der Waals surface area (Å²) in [5.41, 5.74) is 2.66. The third kappa shape index (κ3) is 4.11. The summed E-state index contributed by atoms with van der Waals surface area (Å²) in [5, 5.41) is 3.54. The molecule has 0 aliphatic heterocycles. The van der Waals surface area contributed by atoms with E-state index in [1.54, 1.807) is 7.11 Å². The van der Waals surface area contributed by atoms with Gasteiger partial charge in [-0.1, -0.05) is 42.5 Å². The van der Waals surface area contributed by atoms with Gasteiger partial charge >= 0.3 is 0 Å². The highest BCUT2D eigenvalue weighted by Crippen LogP contribution is 2.17. The Morgan fingerprint density at radius 3 is 2.32 bits per heavy atom. The summed E-state index contributed by atoms with van der Waals surface area (Å²) in [6, 6.07) is 19.1. The molecule has 0 amide bonds. The Balaban J connectivity index is 1.82. The van der Waals surface area contributed by atoms with E-state index in [-0.39, 0.29) is 0 Å². The van der Waals surface area contributed by atoms with Crippen molar-refractivity contribution >= 4 is 0 Å². The minimum atomic E-state index is 0.356. The lowest BCUT2D eigenvalue weighted by molar-refractivity contribution is 0.414. The van der Waals surface area contributed by atoms with Crippen molar-refractivity contribution in [3.8, 4) is 5.75 Å². The highest BCUT2D eigenvalue weighted by Gasteiger charge is 2.04. The first-order chi connectivity index (χ1) is 9.29. The first kappa shape index (κ1) is 13.6. The number of nitrogens with one attached hydrogen (secondary N) is 1. The maximum absolute atomic E-state index is 5.17. The van der Waals surface area contributed by atoms with Crippen LogP contribution in [0.25, 0.3) is 0 Å². The molecule has 1 unspecified atom stereocenters. The second-order valence-corrected chi connectivity index (χ2v) is 4.68. The molecule has 100 valence electrons. The average molecular weight is 255 g/mol. The molecule has 0 heterocycles. The summed E-state index contributed by atoms with van der Waals surface area (Å²) in [4.78, 5) is 0. The Hall–Kier alpha value is -1.80. The molecule has 19 heavy (non-hydrogen) atoms. The molecule has 1 atom stereocenters. The van der Waals surface area contributed by atoms with Gasteiger partial charge in [0.2, 0.25) is 0 Å². The van der Waals surface area contributed by atoms with Gasteiger partial charge in [0, 0.05) is 6.04 Å². The molecule has 0 saturated carbocycles. The zero-order chi connectivity index (χ0) is 13.5. The number of benzene rings is 2. The molecule has 0 aromatic heterocycles. The fourth-order valence-electron chi connectivity index (χ4n) is 2.09. The Morgan fingerprint density at radius 2 is 1.68 bits per heavy atom. The van der Waals surface area contributed by atoms with Gasteiger partial charge in [-0.3, -0.25) is 0 Å². The van der Waals surface area contributed by atoms with E-state index >= 15 is 0 Å². The lowest BCUT2D eigenvalue weighted by Gasteiger charge is -2.14. The monoisotopic (exact) mass is 255 g/mol. The molecule has 1 N–H and O–H groups in total. The number of rotatable bonds is 6. The van der Waals surface area contributed by atoms with Crippen LogP contribution >= 0.6 is 0 Å². The van der Waals surface area contributed by atoms with Gasteiger partial charge in [0.1, 0.15) is 5.75 Å². The van der Waals surface area contributed by atoms with Crippen LogP contribution < -0.4 is 10.1 Å². The van der Waals surface area contributed by atoms with Gasteiger partial charge in [0.25, 0.3) is 0 Å². The number of ether oxygens (including phenoxy) is 1. The van der Waals surface area contributed by atoms with Crippen molar-refractivity contribution in [2.24, 2.45) is 0 Å². The van der Waals surface area contributed by atoms with E-state index in [0.717, 1.165) is 18.7 Å². The summed E-state index contributed by atoms with van der Waals surface area (Å²) in [5.74, 6) is 0.903. The highest BCUT2D eigenvalue weighted by molar-refractivity contribution is 5.28. The van der Waals surface area contributed by atoms with Crippen molar-refractivity contribution in [3.05, 3.63) is 65.7 Å². The van der Waals surface area contributed by atoms with Crippen LogP contribution in [-0.2, 0) is 6.42 Å². The van der Waals surface area contributed by atoms with Crippen LogP contribution in [0.4, 0.5) is 0 Å². The molecule has 0 spiro atoms. The normalized spacial score (nSPS) is 12.1. The number of hydrogen-bond acceptors (Lipinski definition) is 2. The maximum atomic E-state index is 5.17. The molecule has 0 saturated heterocycles. The number of hydrogen-bond donors (Lipinski definition) is 1. The molecular weight excluding hydrogens is 234 g/mol. The van der Waals surface area contributed by atoms with Gasteiger partial charge in [0.15, 0.2) is 0 Å². The molecule has 0 bridgehead atoms. The lowest BCUT2D eigenvalue weighted by atomic mass is 10.1. The fraction of sp³-hybridized carbons (Fsp3) is 0.294. The molecule has 2 aromatic carbocycles. The standard InChI is InChI=1S/C17H21NO/c1-14(16-8-10-17(19-2)11-9-16)18-13-12-15-6-4-3-5-7-15/h3-11,14,18H,12-13H2,1-2H3. The Kier molecular flexibility index (Phi) is 4.99. The van der Waals surface area contributed by atoms with Gasteiger partial charge in [0.05, 0.1) is 7.11 Å². The van der Waals surface area contributed by atoms with Crippen molar-refractivity contribution in [2.75, 3.05) is 13.7 Å². The van der Waals surface area contributed by atoms with E-state index in [9.17, 15) is 0 Å². The first-order valence-electron chi connectivity index (χ1n) is 6.71. The lowest BCUT2D eigenvalue weighted by Crippen LogP contribution is -2.21. The quantitative estimate of drug-likeness (QED) is 0.851. The summed E-state index contributed by atoms with van der Waals surface area (Å²) in [6.45, 7) is 3.17. The summed E-state index contributed by atoms with van der Waals surface area (Å²) < 4.78 is 5.17. The second kappa shape index (κ2) is 6.95. The topological polar surface area (TPSA) is 21.3 Å². The maximum Gasteiger partial charge on any atom is 0.118 e. The van der Waals surface area contributed by atoms with Gasteiger partial charge in [-0.05, 0) is 43.1 Å². The van der Waals surface area contributed by atoms with Crippen molar-refractivity contribution in [1.82, 2.24) is 5.32 Å². The van der Waals surface area contributed by atoms with E-state index in [1.165, 1.54) is 11.1 Å². The van der Waals surface area contributed by atoms with Gasteiger partial charge in [-0.15, -0.1) is 0 Å². The van der Waals surface area contributed by atoms with Gasteiger partial charge in [-0.25, -0.2) is 0 Å². The van der Waals surface area contributed by atoms with Crippen molar-refractivity contribution in [2.45, 2.75) is 19.4 Å². The SMILES string of the molecule is COc1ccc(C(C)NCCc2ccccc2)cc1. The van der Waals surface area contributed by atoms with E-state index in [2.05, 4.69) is 54.7 Å². The molecule has 0 fully saturated rings. The molecular formula is C17H21NO. The second-order valence-electron chi connectivity index (χ2n) is 4.68. The molecule has 2 rings (SSSR count). The van der Waals surface area contributed by atoms with Crippen LogP contribution in [-0.4, -0.2) is 13.7 Å². The van der Waals surface area contributed by atoms with Crippen LogP contribution in [0.5, 0.6) is 5.75 Å². The van der Waals surface area contributed by atoms with E-state index < -0.39 is 0 Å².